The van der Waals surface area contributed by atoms with Crippen molar-refractivity contribution in [1.82, 2.24) is 16.0 Å². The molecule has 0 radical (unpaired) electrons. The minimum atomic E-state index is -4.69. The van der Waals surface area contributed by atoms with Gasteiger partial charge in [0.15, 0.2) is 0 Å². The Labute approximate surface area is 256 Å². The molecule has 0 aromatic heterocycles. The highest BCUT2D eigenvalue weighted by atomic mass is 79.9. The second-order valence-corrected chi connectivity index (χ2v) is 12.0. The summed E-state index contributed by atoms with van der Waals surface area (Å²) >= 11 is 6.02. The lowest BCUT2D eigenvalue weighted by atomic mass is 9.73. The van der Waals surface area contributed by atoms with E-state index in [4.69, 9.17) is 9.31 Å². The summed E-state index contributed by atoms with van der Waals surface area (Å²) in [6.07, 6.45) is -2.42. The molecule has 1 aliphatic rings. The molecule has 1 fully saturated rings. The molecular weight excluding hydrogens is 670 g/mol. The molecule has 1 heterocycles. The smallest absolute Gasteiger partial charge is 0.410 e. The van der Waals surface area contributed by atoms with Crippen molar-refractivity contribution in [3.63, 3.8) is 0 Å². The van der Waals surface area contributed by atoms with Crippen LogP contribution in [0.1, 0.15) is 54.6 Å². The number of hydrogen-bond acceptors (Lipinski definition) is 5. The van der Waals surface area contributed by atoms with E-state index >= 15 is 0 Å². The first-order valence-corrected chi connectivity index (χ1v) is 15.2. The van der Waals surface area contributed by atoms with Gasteiger partial charge in [-0.05, 0) is 71.9 Å². The SMILES string of the molecule is CC(C)C[C@H](NC(=O)[C@H](Cc1ccccc1)NC(=O)c1cc(Br)cc(C(F)(F)F)c1Br)B1OCCCNCCCO1. The molecule has 7 nitrogen and oxygen atoms in total. The van der Waals surface area contributed by atoms with Gasteiger partial charge in [0.05, 0.1) is 17.1 Å². The molecule has 2 amide bonds. The number of alkyl halides is 3. The van der Waals surface area contributed by atoms with Crippen molar-refractivity contribution in [2.75, 3.05) is 26.3 Å². The highest BCUT2D eigenvalue weighted by molar-refractivity contribution is 9.11. The number of carbonyl (C=O) groups is 2. The Hall–Kier alpha value is -1.93. The van der Waals surface area contributed by atoms with Crippen LogP contribution in [0.25, 0.3) is 0 Å². The fourth-order valence-electron chi connectivity index (χ4n) is 4.48. The maximum atomic E-state index is 13.8. The molecule has 0 saturated carbocycles. The Morgan fingerprint density at radius 1 is 1.02 bits per heavy atom. The van der Waals surface area contributed by atoms with Crippen molar-refractivity contribution in [3.8, 4) is 0 Å². The van der Waals surface area contributed by atoms with Gasteiger partial charge in [0.1, 0.15) is 6.04 Å². The summed E-state index contributed by atoms with van der Waals surface area (Å²) in [4.78, 5) is 27.1. The van der Waals surface area contributed by atoms with Crippen LogP contribution in [-0.2, 0) is 26.7 Å². The first-order valence-electron chi connectivity index (χ1n) is 13.6. The maximum absolute atomic E-state index is 13.8. The quantitative estimate of drug-likeness (QED) is 0.298. The van der Waals surface area contributed by atoms with Gasteiger partial charge in [-0.2, -0.15) is 13.2 Å². The molecule has 224 valence electrons. The summed E-state index contributed by atoms with van der Waals surface area (Å²) < 4.78 is 52.5. The van der Waals surface area contributed by atoms with Crippen LogP contribution in [0.3, 0.4) is 0 Å². The molecule has 2 aromatic rings. The molecule has 1 aliphatic heterocycles. The second kappa shape index (κ2) is 16.1. The van der Waals surface area contributed by atoms with Crippen LogP contribution in [0.15, 0.2) is 51.4 Å². The third kappa shape index (κ3) is 10.7. The van der Waals surface area contributed by atoms with Crippen molar-refractivity contribution in [2.24, 2.45) is 5.92 Å². The highest BCUT2D eigenvalue weighted by Gasteiger charge is 2.37. The Bertz CT molecular complexity index is 1150. The maximum Gasteiger partial charge on any atom is 0.480 e. The minimum absolute atomic E-state index is 0.0831. The van der Waals surface area contributed by atoms with Crippen LogP contribution in [0.2, 0.25) is 0 Å². The summed E-state index contributed by atoms with van der Waals surface area (Å²) in [7, 11) is -0.680. The van der Waals surface area contributed by atoms with E-state index < -0.39 is 47.1 Å². The van der Waals surface area contributed by atoms with Gasteiger partial charge < -0.3 is 25.3 Å². The van der Waals surface area contributed by atoms with Crippen molar-refractivity contribution >= 4 is 50.8 Å². The standard InChI is InChI=1S/C28H35BBr2F3N3O4/c1-18(2)14-24(29-40-12-6-10-35-11-7-13-41-29)37-27(39)23(15-19-8-4-3-5-9-19)36-26(38)21-16-20(30)17-22(25(21)31)28(32,33)34/h3-5,8-9,16-18,23-24,35H,6-7,10-15H2,1-2H3,(H,36,38)(H,37,39)/t23-,24-/m0/s1. The van der Waals surface area contributed by atoms with Crippen molar-refractivity contribution in [1.29, 1.82) is 0 Å². The van der Waals surface area contributed by atoms with Gasteiger partial charge in [-0.15, -0.1) is 0 Å². The van der Waals surface area contributed by atoms with E-state index in [0.29, 0.717) is 19.6 Å². The molecule has 2 atom stereocenters. The Kier molecular flexibility index (Phi) is 13.2. The molecule has 0 unspecified atom stereocenters. The summed E-state index contributed by atoms with van der Waals surface area (Å²) in [6, 6.07) is 10.2. The number of halogens is 5. The summed E-state index contributed by atoms with van der Waals surface area (Å²) in [5, 5.41) is 9.01. The van der Waals surface area contributed by atoms with Crippen LogP contribution in [0, 0.1) is 5.92 Å². The van der Waals surface area contributed by atoms with Gasteiger partial charge in [0, 0.05) is 28.6 Å². The van der Waals surface area contributed by atoms with E-state index in [2.05, 4.69) is 47.8 Å². The zero-order valence-corrected chi connectivity index (χ0v) is 26.2. The molecule has 0 spiro atoms. The van der Waals surface area contributed by atoms with E-state index in [1.54, 1.807) is 0 Å². The molecule has 1 saturated heterocycles. The number of carbonyl (C=O) groups excluding carboxylic acids is 2. The van der Waals surface area contributed by atoms with Crippen molar-refractivity contribution in [2.45, 2.75) is 57.7 Å². The first kappa shape index (κ1) is 33.6. The van der Waals surface area contributed by atoms with Crippen molar-refractivity contribution in [3.05, 3.63) is 68.1 Å². The molecule has 3 rings (SSSR count). The van der Waals surface area contributed by atoms with Crippen LogP contribution in [0.4, 0.5) is 13.2 Å². The molecule has 3 N–H and O–H groups in total. The molecule has 0 bridgehead atoms. The lowest BCUT2D eigenvalue weighted by Gasteiger charge is -2.29. The number of benzene rings is 2. The van der Waals surface area contributed by atoms with Crippen LogP contribution < -0.4 is 16.0 Å². The largest absolute Gasteiger partial charge is 0.480 e. The number of hydrogen-bond donors (Lipinski definition) is 3. The predicted octanol–water partition coefficient (Wildman–Crippen LogP) is 5.55. The normalized spacial score (nSPS) is 16.6. The van der Waals surface area contributed by atoms with E-state index in [-0.39, 0.29) is 22.4 Å². The van der Waals surface area contributed by atoms with E-state index in [1.165, 1.54) is 6.07 Å². The Morgan fingerprint density at radius 3 is 2.24 bits per heavy atom. The monoisotopic (exact) mass is 703 g/mol. The molecule has 0 aliphatic carbocycles. The summed E-state index contributed by atoms with van der Waals surface area (Å²) in [5.41, 5.74) is -0.473. The third-order valence-corrected chi connectivity index (χ3v) is 7.75. The number of nitrogens with one attached hydrogen (secondary N) is 3. The van der Waals surface area contributed by atoms with E-state index in [1.807, 2.05) is 44.2 Å². The summed E-state index contributed by atoms with van der Waals surface area (Å²) in [5.74, 6) is -1.61. The first-order chi connectivity index (χ1) is 19.5. The van der Waals surface area contributed by atoms with Crippen molar-refractivity contribution < 1.29 is 32.1 Å². The average molecular weight is 705 g/mol. The molecule has 2 aromatic carbocycles. The molecule has 13 heteroatoms. The molecular formula is C28H35BBr2F3N3O4. The zero-order chi connectivity index (χ0) is 30.0. The average Bonchev–Trinajstić information content (AvgIpc) is 2.91. The number of amides is 2. The van der Waals surface area contributed by atoms with Crippen LogP contribution >= 0.6 is 31.9 Å². The number of rotatable bonds is 9. The van der Waals surface area contributed by atoms with Gasteiger partial charge in [-0.25, -0.2) is 0 Å². The van der Waals surface area contributed by atoms with Gasteiger partial charge in [-0.3, -0.25) is 9.59 Å². The minimum Gasteiger partial charge on any atom is -0.410 e. The van der Waals surface area contributed by atoms with E-state index in [9.17, 15) is 22.8 Å². The predicted molar refractivity (Wildman–Crippen MR) is 159 cm³/mol. The topological polar surface area (TPSA) is 88.7 Å². The second-order valence-electron chi connectivity index (χ2n) is 10.3. The van der Waals surface area contributed by atoms with Gasteiger partial charge in [-0.1, -0.05) is 60.1 Å². The third-order valence-electron chi connectivity index (χ3n) is 6.43. The van der Waals surface area contributed by atoms with Crippen LogP contribution in [0.5, 0.6) is 0 Å². The fraction of sp³-hybridized carbons (Fsp3) is 0.500. The Morgan fingerprint density at radius 2 is 1.66 bits per heavy atom. The van der Waals surface area contributed by atoms with Gasteiger partial charge in [0.2, 0.25) is 5.91 Å². The summed E-state index contributed by atoms with van der Waals surface area (Å²) in [6.45, 7) is 6.58. The van der Waals surface area contributed by atoms with Gasteiger partial charge in [0.25, 0.3) is 5.91 Å². The highest BCUT2D eigenvalue weighted by Crippen LogP contribution is 2.38. The lowest BCUT2D eigenvalue weighted by molar-refractivity contribution is -0.138. The van der Waals surface area contributed by atoms with Crippen LogP contribution in [-0.4, -0.2) is 57.2 Å². The van der Waals surface area contributed by atoms with Gasteiger partial charge >= 0.3 is 13.3 Å². The fourth-order valence-corrected chi connectivity index (χ4v) is 5.58. The zero-order valence-electron chi connectivity index (χ0n) is 23.0. The molecule has 41 heavy (non-hydrogen) atoms. The lowest BCUT2D eigenvalue weighted by Crippen LogP contribution is -2.56. The Balaban J connectivity index is 1.87. The van der Waals surface area contributed by atoms with E-state index in [0.717, 1.165) is 37.6 Å².